The molecule has 5 heteroatoms. The Morgan fingerprint density at radius 1 is 1.69 bits per heavy atom. The van der Waals surface area contributed by atoms with Crippen molar-refractivity contribution in [3.63, 3.8) is 0 Å². The predicted molar refractivity (Wildman–Crippen MR) is 61.1 cm³/mol. The summed E-state index contributed by atoms with van der Waals surface area (Å²) in [7, 11) is 1.69. The Labute approximate surface area is 98.5 Å². The molecule has 16 heavy (non-hydrogen) atoms. The molecule has 0 unspecified atom stereocenters. The first kappa shape index (κ1) is 11.1. The topological polar surface area (TPSA) is 57.0 Å². The zero-order valence-electron chi connectivity index (χ0n) is 9.36. The number of nitrogens with zero attached hydrogens (tertiary/aromatic N) is 3. The van der Waals surface area contributed by atoms with Gasteiger partial charge in [0.05, 0.1) is 11.1 Å². The van der Waals surface area contributed by atoms with Gasteiger partial charge >= 0.3 is 0 Å². The van der Waals surface area contributed by atoms with Crippen molar-refractivity contribution in [1.29, 1.82) is 5.26 Å². The lowest BCUT2D eigenvalue weighted by atomic mass is 9.76. The summed E-state index contributed by atoms with van der Waals surface area (Å²) in [5, 5.41) is 11.8. The van der Waals surface area contributed by atoms with Crippen molar-refractivity contribution >= 4 is 17.2 Å². The van der Waals surface area contributed by atoms with Gasteiger partial charge in [-0.2, -0.15) is 5.26 Å². The third-order valence-electron chi connectivity index (χ3n) is 3.17. The smallest absolute Gasteiger partial charge is 0.274 e. The Kier molecular flexibility index (Phi) is 2.68. The number of nitriles is 1. The standard InChI is InChI=1S/C11H13N3OS/c1-8-13-9(6-16-8)10(15)14(2)11(7-12)4-3-5-11/h6H,3-5H2,1-2H3. The Morgan fingerprint density at radius 2 is 2.38 bits per heavy atom. The third kappa shape index (κ3) is 1.59. The van der Waals surface area contributed by atoms with Crippen molar-refractivity contribution in [2.45, 2.75) is 31.7 Å². The quantitative estimate of drug-likeness (QED) is 0.787. The molecule has 1 aliphatic carbocycles. The SMILES string of the molecule is Cc1nc(C(=O)N(C)C2(C#N)CCC2)cs1. The largest absolute Gasteiger partial charge is 0.322 e. The number of hydrogen-bond acceptors (Lipinski definition) is 4. The van der Waals surface area contributed by atoms with Crippen LogP contribution in [0.4, 0.5) is 0 Å². The number of carbonyl (C=O) groups is 1. The van der Waals surface area contributed by atoms with Gasteiger partial charge in [-0.1, -0.05) is 0 Å². The highest BCUT2D eigenvalue weighted by Crippen LogP contribution is 2.36. The van der Waals surface area contributed by atoms with Crippen molar-refractivity contribution in [3.8, 4) is 6.07 Å². The Bertz CT molecular complexity index is 456. The average molecular weight is 235 g/mol. The molecule has 0 N–H and O–H groups in total. The second kappa shape index (κ2) is 3.87. The molecule has 84 valence electrons. The zero-order valence-corrected chi connectivity index (χ0v) is 10.2. The second-order valence-corrected chi connectivity index (χ2v) is 5.18. The lowest BCUT2D eigenvalue weighted by molar-refractivity contribution is 0.0492. The fourth-order valence-electron chi connectivity index (χ4n) is 1.86. The molecule has 1 heterocycles. The molecule has 1 amide bonds. The Morgan fingerprint density at radius 3 is 2.75 bits per heavy atom. The van der Waals surface area contributed by atoms with E-state index in [0.29, 0.717) is 5.69 Å². The van der Waals surface area contributed by atoms with Crippen LogP contribution in [0.2, 0.25) is 0 Å². The van der Waals surface area contributed by atoms with Crippen molar-refractivity contribution in [2.24, 2.45) is 0 Å². The van der Waals surface area contributed by atoms with Gasteiger partial charge < -0.3 is 4.90 Å². The number of carbonyl (C=O) groups excluding carboxylic acids is 1. The zero-order chi connectivity index (χ0) is 11.8. The molecule has 4 nitrogen and oxygen atoms in total. The summed E-state index contributed by atoms with van der Waals surface area (Å²) in [4.78, 5) is 17.8. The van der Waals surface area contributed by atoms with Crippen molar-refractivity contribution < 1.29 is 4.79 Å². The summed E-state index contributed by atoms with van der Waals surface area (Å²) >= 11 is 1.45. The molecule has 0 spiro atoms. The van der Waals surface area contributed by atoms with E-state index in [-0.39, 0.29) is 5.91 Å². The van der Waals surface area contributed by atoms with Gasteiger partial charge in [0.2, 0.25) is 0 Å². The van der Waals surface area contributed by atoms with Gasteiger partial charge in [-0.25, -0.2) is 4.98 Å². The number of aryl methyl sites for hydroxylation is 1. The van der Waals surface area contributed by atoms with Crippen LogP contribution in [0.5, 0.6) is 0 Å². The van der Waals surface area contributed by atoms with E-state index >= 15 is 0 Å². The van der Waals surface area contributed by atoms with Gasteiger partial charge in [-0.3, -0.25) is 4.79 Å². The van der Waals surface area contributed by atoms with Crippen LogP contribution >= 0.6 is 11.3 Å². The summed E-state index contributed by atoms with van der Waals surface area (Å²) in [5.41, 5.74) is -0.138. The summed E-state index contributed by atoms with van der Waals surface area (Å²) in [5.74, 6) is -0.148. The van der Waals surface area contributed by atoms with E-state index in [2.05, 4.69) is 11.1 Å². The third-order valence-corrected chi connectivity index (χ3v) is 3.95. The van der Waals surface area contributed by atoms with E-state index in [1.54, 1.807) is 17.3 Å². The van der Waals surface area contributed by atoms with Gasteiger partial charge in [0, 0.05) is 12.4 Å². The van der Waals surface area contributed by atoms with Crippen LogP contribution in [0.15, 0.2) is 5.38 Å². The van der Waals surface area contributed by atoms with Crippen LogP contribution in [0, 0.1) is 18.3 Å². The molecule has 1 fully saturated rings. The lowest BCUT2D eigenvalue weighted by Gasteiger charge is -2.42. The molecule has 0 atom stereocenters. The number of hydrogen-bond donors (Lipinski definition) is 0. The summed E-state index contributed by atoms with van der Waals surface area (Å²) in [6.45, 7) is 1.87. The number of thiazole rings is 1. The van der Waals surface area contributed by atoms with Crippen molar-refractivity contribution in [3.05, 3.63) is 16.1 Å². The second-order valence-electron chi connectivity index (χ2n) is 4.11. The molecule has 2 rings (SSSR count). The van der Waals surface area contributed by atoms with Gasteiger partial charge in [0.15, 0.2) is 0 Å². The van der Waals surface area contributed by atoms with E-state index < -0.39 is 5.54 Å². The van der Waals surface area contributed by atoms with E-state index in [1.165, 1.54) is 11.3 Å². The molecule has 1 aromatic heterocycles. The molecular formula is C11H13N3OS. The predicted octanol–water partition coefficient (Wildman–Crippen LogP) is 1.97. The molecule has 0 aromatic carbocycles. The van der Waals surface area contributed by atoms with Crippen molar-refractivity contribution in [2.75, 3.05) is 7.05 Å². The van der Waals surface area contributed by atoms with Crippen LogP contribution in [-0.4, -0.2) is 28.4 Å². The molecule has 1 aliphatic rings. The van der Waals surface area contributed by atoms with E-state index in [1.807, 2.05) is 6.92 Å². The van der Waals surface area contributed by atoms with E-state index in [0.717, 1.165) is 24.3 Å². The molecular weight excluding hydrogens is 222 g/mol. The Balaban J connectivity index is 2.20. The fourth-order valence-corrected chi connectivity index (χ4v) is 2.45. The molecule has 0 aliphatic heterocycles. The summed E-state index contributed by atoms with van der Waals surface area (Å²) in [6, 6.07) is 2.25. The van der Waals surface area contributed by atoms with Crippen molar-refractivity contribution in [1.82, 2.24) is 9.88 Å². The molecule has 0 radical (unpaired) electrons. The Hall–Kier alpha value is -1.41. The van der Waals surface area contributed by atoms with Crippen LogP contribution in [0.25, 0.3) is 0 Å². The molecule has 1 saturated carbocycles. The number of rotatable bonds is 2. The fraction of sp³-hybridized carbons (Fsp3) is 0.545. The van der Waals surface area contributed by atoms with Gasteiger partial charge in [-0.05, 0) is 26.2 Å². The first-order valence-corrected chi connectivity index (χ1v) is 6.08. The number of aromatic nitrogens is 1. The van der Waals surface area contributed by atoms with E-state index in [4.69, 9.17) is 5.26 Å². The van der Waals surface area contributed by atoms with Crippen LogP contribution in [0.3, 0.4) is 0 Å². The summed E-state index contributed by atoms with van der Waals surface area (Å²) < 4.78 is 0. The highest BCUT2D eigenvalue weighted by atomic mass is 32.1. The first-order chi connectivity index (χ1) is 7.59. The monoisotopic (exact) mass is 235 g/mol. The maximum Gasteiger partial charge on any atom is 0.274 e. The van der Waals surface area contributed by atoms with Crippen LogP contribution < -0.4 is 0 Å². The first-order valence-electron chi connectivity index (χ1n) is 5.20. The van der Waals surface area contributed by atoms with Gasteiger partial charge in [-0.15, -0.1) is 11.3 Å². The van der Waals surface area contributed by atoms with E-state index in [9.17, 15) is 4.79 Å². The normalized spacial score (nSPS) is 17.3. The van der Waals surface area contributed by atoms with Crippen LogP contribution in [-0.2, 0) is 0 Å². The molecule has 0 saturated heterocycles. The lowest BCUT2D eigenvalue weighted by Crippen LogP contribution is -2.53. The van der Waals surface area contributed by atoms with Gasteiger partial charge in [0.25, 0.3) is 5.91 Å². The molecule has 0 bridgehead atoms. The minimum Gasteiger partial charge on any atom is -0.322 e. The minimum atomic E-state index is -0.589. The van der Waals surface area contributed by atoms with Gasteiger partial charge in [0.1, 0.15) is 11.2 Å². The summed E-state index contributed by atoms with van der Waals surface area (Å²) in [6.07, 6.45) is 2.56. The van der Waals surface area contributed by atoms with Crippen LogP contribution in [0.1, 0.15) is 34.8 Å². The highest BCUT2D eigenvalue weighted by Gasteiger charge is 2.43. The maximum atomic E-state index is 12.1. The average Bonchev–Trinajstić information content (AvgIpc) is 2.63. The highest BCUT2D eigenvalue weighted by molar-refractivity contribution is 7.09. The molecule has 1 aromatic rings. The maximum absolute atomic E-state index is 12.1. The minimum absolute atomic E-state index is 0.148. The number of amides is 1.